The molecule has 0 aliphatic rings. The van der Waals surface area contributed by atoms with Crippen LogP contribution in [0.3, 0.4) is 0 Å². The van der Waals surface area contributed by atoms with Crippen LogP contribution in [0.1, 0.15) is 45.5 Å². The van der Waals surface area contributed by atoms with E-state index < -0.39 is 10.8 Å². The van der Waals surface area contributed by atoms with Crippen LogP contribution in [-0.2, 0) is 0 Å². The quantitative estimate of drug-likeness (QED) is 0.0973. The van der Waals surface area contributed by atoms with Gasteiger partial charge in [-0.05, 0) is 105 Å². The number of benzene rings is 3. The van der Waals surface area contributed by atoms with Crippen LogP contribution >= 0.6 is 0 Å². The third kappa shape index (κ3) is 5.45. The number of aromatic nitrogens is 4. The Balaban J connectivity index is 1.49. The monoisotopic (exact) mass is 777 g/mol. The van der Waals surface area contributed by atoms with Crippen LogP contribution < -0.4 is 18.9 Å². The fourth-order valence-electron chi connectivity index (χ4n) is 8.33. The molecule has 0 fully saturated rings. The summed E-state index contributed by atoms with van der Waals surface area (Å²) in [6.07, 6.45) is 0. The van der Waals surface area contributed by atoms with E-state index >= 15 is 0 Å². The SMILES string of the molecule is COc1ccc(OC)c2c(-c3ccc(C)o3)c3c(C(c4ccc([N+](=O)[O-])cc4)c4cc(C)n5nc6c(OC)ccc(OC)c6c(-c6ccc(C)o6)c45)cc(C)n3nc12. The standard InChI is InChI=1S/C45H39N5O8/c1-23-21-29(44-40(33-15-9-25(3)57-33)38-31(53-5)17-19-35(55-7)42(38)46-48(23)44)37(27-11-13-28(14-12-27)50(51)52)30-22-24(2)49-45(30)41(34-16-10-26(4)58-34)39-32(54-6)18-20-36(56-8)43(39)47-49/h9-22,37H,1-8H3. The first kappa shape index (κ1) is 36.4. The summed E-state index contributed by atoms with van der Waals surface area (Å²) >= 11 is 0. The molecule has 6 heterocycles. The molecule has 0 amide bonds. The van der Waals surface area contributed by atoms with Crippen LogP contribution in [0.4, 0.5) is 5.69 Å². The van der Waals surface area contributed by atoms with Crippen LogP contribution in [0.5, 0.6) is 23.0 Å². The van der Waals surface area contributed by atoms with E-state index in [1.807, 2.05) is 97.4 Å². The number of fused-ring (bicyclic) bond motifs is 4. The molecular weight excluding hydrogens is 739 g/mol. The average Bonchev–Trinajstić information content (AvgIpc) is 4.02. The van der Waals surface area contributed by atoms with Gasteiger partial charge in [0.1, 0.15) is 57.1 Å². The zero-order valence-electron chi connectivity index (χ0n) is 33.2. The molecule has 0 aliphatic carbocycles. The summed E-state index contributed by atoms with van der Waals surface area (Å²) in [5.74, 6) is 4.43. The Morgan fingerprint density at radius 1 is 0.586 bits per heavy atom. The average molecular weight is 778 g/mol. The largest absolute Gasteiger partial charge is 0.496 e. The Morgan fingerprint density at radius 2 is 1.00 bits per heavy atom. The minimum absolute atomic E-state index is 0.0224. The first-order chi connectivity index (χ1) is 28.1. The number of nitrogens with zero attached hydrogens (tertiary/aromatic N) is 5. The minimum Gasteiger partial charge on any atom is -0.496 e. The van der Waals surface area contributed by atoms with Gasteiger partial charge in [-0.3, -0.25) is 10.1 Å². The predicted molar refractivity (Wildman–Crippen MR) is 220 cm³/mol. The number of hydrogen-bond acceptors (Lipinski definition) is 10. The number of furan rings is 2. The predicted octanol–water partition coefficient (Wildman–Crippen LogP) is 10.2. The van der Waals surface area contributed by atoms with Crippen molar-refractivity contribution in [3.05, 3.63) is 135 Å². The Bertz CT molecular complexity index is 2920. The highest BCUT2D eigenvalue weighted by molar-refractivity contribution is 6.09. The molecule has 0 spiro atoms. The Morgan fingerprint density at radius 3 is 1.36 bits per heavy atom. The Hall–Kier alpha value is -7.28. The molecule has 13 heteroatoms. The normalized spacial score (nSPS) is 11.7. The fraction of sp³-hybridized carbons (Fsp3) is 0.200. The highest BCUT2D eigenvalue weighted by Crippen LogP contribution is 2.50. The summed E-state index contributed by atoms with van der Waals surface area (Å²) in [5.41, 5.74) is 8.38. The first-order valence-electron chi connectivity index (χ1n) is 18.6. The molecule has 292 valence electrons. The summed E-state index contributed by atoms with van der Waals surface area (Å²) in [4.78, 5) is 11.6. The van der Waals surface area contributed by atoms with Gasteiger partial charge in [0.25, 0.3) is 5.69 Å². The van der Waals surface area contributed by atoms with Crippen LogP contribution in [0.25, 0.3) is 55.5 Å². The molecule has 0 aliphatic heterocycles. The van der Waals surface area contributed by atoms with Crippen LogP contribution in [0.15, 0.2) is 93.8 Å². The van der Waals surface area contributed by atoms with Crippen LogP contribution in [-0.4, -0.2) is 52.6 Å². The van der Waals surface area contributed by atoms with Gasteiger partial charge >= 0.3 is 0 Å². The van der Waals surface area contributed by atoms with E-state index in [1.54, 1.807) is 28.4 Å². The lowest BCUT2D eigenvalue weighted by Gasteiger charge is -2.21. The number of aryl methyl sites for hydroxylation is 4. The maximum absolute atomic E-state index is 12.0. The second kappa shape index (κ2) is 13.7. The maximum Gasteiger partial charge on any atom is 0.269 e. The summed E-state index contributed by atoms with van der Waals surface area (Å²) in [6, 6.07) is 26.1. The van der Waals surface area contributed by atoms with E-state index in [9.17, 15) is 10.1 Å². The Kier molecular flexibility index (Phi) is 8.61. The molecule has 6 aromatic heterocycles. The fourth-order valence-corrected chi connectivity index (χ4v) is 8.33. The van der Waals surface area contributed by atoms with Gasteiger partial charge in [-0.25, -0.2) is 9.03 Å². The molecule has 58 heavy (non-hydrogen) atoms. The van der Waals surface area contributed by atoms with E-state index in [-0.39, 0.29) is 5.69 Å². The van der Waals surface area contributed by atoms with E-state index in [0.29, 0.717) is 56.3 Å². The first-order valence-corrected chi connectivity index (χ1v) is 18.6. The lowest BCUT2D eigenvalue weighted by atomic mass is 9.83. The second-order valence-corrected chi connectivity index (χ2v) is 14.2. The number of nitro benzene ring substituents is 1. The molecule has 13 nitrogen and oxygen atoms in total. The lowest BCUT2D eigenvalue weighted by Crippen LogP contribution is -2.07. The lowest BCUT2D eigenvalue weighted by molar-refractivity contribution is -0.384. The van der Waals surface area contributed by atoms with Gasteiger partial charge in [0.15, 0.2) is 0 Å². The van der Waals surface area contributed by atoms with E-state index in [1.165, 1.54) is 12.1 Å². The zero-order chi connectivity index (χ0) is 40.6. The summed E-state index contributed by atoms with van der Waals surface area (Å²) in [6.45, 7) is 7.80. The molecule has 0 unspecified atom stereocenters. The number of hydrogen-bond donors (Lipinski definition) is 0. The molecule has 0 radical (unpaired) electrons. The maximum atomic E-state index is 12.0. The molecule has 9 rings (SSSR count). The minimum atomic E-state index is -0.551. The van der Waals surface area contributed by atoms with Crippen LogP contribution in [0.2, 0.25) is 0 Å². The number of ether oxygens (including phenoxy) is 4. The summed E-state index contributed by atoms with van der Waals surface area (Å²) in [7, 11) is 6.48. The third-order valence-corrected chi connectivity index (χ3v) is 10.9. The molecular formula is C45H39N5O8. The highest BCUT2D eigenvalue weighted by Gasteiger charge is 2.33. The number of nitro groups is 1. The van der Waals surface area contributed by atoms with Crippen molar-refractivity contribution in [2.24, 2.45) is 0 Å². The topological polar surface area (TPSA) is 141 Å². The van der Waals surface area contributed by atoms with Crippen molar-refractivity contribution in [3.63, 3.8) is 0 Å². The molecule has 0 atom stereocenters. The molecule has 0 N–H and O–H groups in total. The van der Waals surface area contributed by atoms with Gasteiger partial charge in [-0.15, -0.1) is 0 Å². The van der Waals surface area contributed by atoms with E-state index in [0.717, 1.165) is 61.8 Å². The van der Waals surface area contributed by atoms with Crippen molar-refractivity contribution in [2.45, 2.75) is 33.6 Å². The molecule has 0 saturated heterocycles. The zero-order valence-corrected chi connectivity index (χ0v) is 33.2. The van der Waals surface area contributed by atoms with Crippen molar-refractivity contribution in [2.75, 3.05) is 28.4 Å². The van der Waals surface area contributed by atoms with Gasteiger partial charge in [-0.1, -0.05) is 12.1 Å². The second-order valence-electron chi connectivity index (χ2n) is 14.2. The van der Waals surface area contributed by atoms with Crippen molar-refractivity contribution >= 4 is 38.5 Å². The van der Waals surface area contributed by atoms with Gasteiger partial charge in [0.05, 0.1) is 66.3 Å². The van der Waals surface area contributed by atoms with Gasteiger partial charge in [-0.2, -0.15) is 10.2 Å². The Labute approximate surface area is 332 Å². The van der Waals surface area contributed by atoms with Crippen molar-refractivity contribution in [1.82, 2.24) is 19.2 Å². The molecule has 3 aromatic carbocycles. The van der Waals surface area contributed by atoms with Crippen molar-refractivity contribution in [1.29, 1.82) is 0 Å². The van der Waals surface area contributed by atoms with E-state index in [2.05, 4.69) is 12.1 Å². The smallest absolute Gasteiger partial charge is 0.269 e. The highest BCUT2D eigenvalue weighted by atomic mass is 16.6. The summed E-state index contributed by atoms with van der Waals surface area (Å²) in [5, 5.41) is 23.8. The van der Waals surface area contributed by atoms with Gasteiger partial charge in [0.2, 0.25) is 0 Å². The molecule has 0 saturated carbocycles. The third-order valence-electron chi connectivity index (χ3n) is 10.9. The number of rotatable bonds is 10. The van der Waals surface area contributed by atoms with Crippen molar-refractivity contribution < 1.29 is 32.7 Å². The van der Waals surface area contributed by atoms with E-state index in [4.69, 9.17) is 38.0 Å². The summed E-state index contributed by atoms with van der Waals surface area (Å²) < 4.78 is 40.4. The number of non-ortho nitro benzene ring substituents is 1. The van der Waals surface area contributed by atoms with Crippen LogP contribution in [0, 0.1) is 37.8 Å². The molecule has 0 bridgehead atoms. The van der Waals surface area contributed by atoms with Gasteiger partial charge in [0, 0.05) is 29.4 Å². The van der Waals surface area contributed by atoms with Gasteiger partial charge < -0.3 is 27.8 Å². The number of methoxy groups -OCH3 is 4. The molecule has 9 aromatic rings. The van der Waals surface area contributed by atoms with Crippen molar-refractivity contribution in [3.8, 4) is 45.6 Å².